The lowest BCUT2D eigenvalue weighted by Crippen LogP contribution is -2.27. The SMILES string of the molecule is COc1ccc2nccc(C3CN(CCCNc4ccc5c(c4)NC(=O)C(C)S5)C(=O)O3)c2c1. The third kappa shape index (κ3) is 4.48. The summed E-state index contributed by atoms with van der Waals surface area (Å²) in [5.41, 5.74) is 3.55. The Balaban J connectivity index is 1.17. The fourth-order valence-electron chi connectivity index (χ4n) is 4.23. The van der Waals surface area contributed by atoms with Crippen LogP contribution >= 0.6 is 11.8 Å². The molecule has 2 unspecified atom stereocenters. The number of cyclic esters (lactones) is 1. The summed E-state index contributed by atoms with van der Waals surface area (Å²) in [6.45, 7) is 3.68. The summed E-state index contributed by atoms with van der Waals surface area (Å²) in [5, 5.41) is 7.17. The number of benzene rings is 2. The van der Waals surface area contributed by atoms with Gasteiger partial charge in [0.15, 0.2) is 0 Å². The molecule has 2 N–H and O–H groups in total. The smallest absolute Gasteiger partial charge is 0.410 e. The molecule has 0 bridgehead atoms. The molecule has 2 amide bonds. The van der Waals surface area contributed by atoms with E-state index in [1.165, 1.54) is 0 Å². The number of fused-ring (bicyclic) bond motifs is 2. The number of hydrogen-bond donors (Lipinski definition) is 2. The van der Waals surface area contributed by atoms with Crippen molar-refractivity contribution < 1.29 is 19.1 Å². The van der Waals surface area contributed by atoms with E-state index in [1.54, 1.807) is 30.0 Å². The van der Waals surface area contributed by atoms with Crippen LogP contribution in [-0.4, -0.2) is 53.9 Å². The molecule has 34 heavy (non-hydrogen) atoms. The molecule has 2 atom stereocenters. The Morgan fingerprint density at radius 3 is 2.97 bits per heavy atom. The van der Waals surface area contributed by atoms with E-state index < -0.39 is 0 Å². The molecular weight excluding hydrogens is 452 g/mol. The second kappa shape index (κ2) is 9.42. The second-order valence-corrected chi connectivity index (χ2v) is 9.72. The van der Waals surface area contributed by atoms with Gasteiger partial charge < -0.3 is 25.0 Å². The van der Waals surface area contributed by atoms with Crippen LogP contribution in [0.3, 0.4) is 0 Å². The van der Waals surface area contributed by atoms with Gasteiger partial charge in [-0.05, 0) is 55.8 Å². The summed E-state index contributed by atoms with van der Waals surface area (Å²) >= 11 is 1.57. The van der Waals surface area contributed by atoms with Gasteiger partial charge >= 0.3 is 6.09 Å². The maximum absolute atomic E-state index is 12.5. The van der Waals surface area contributed by atoms with E-state index in [9.17, 15) is 9.59 Å². The van der Waals surface area contributed by atoms with Crippen molar-refractivity contribution in [3.8, 4) is 5.75 Å². The van der Waals surface area contributed by atoms with Crippen molar-refractivity contribution in [2.45, 2.75) is 29.6 Å². The molecule has 8 nitrogen and oxygen atoms in total. The number of thioether (sulfide) groups is 1. The zero-order valence-electron chi connectivity index (χ0n) is 19.0. The normalized spacial score (nSPS) is 19.5. The molecule has 1 saturated heterocycles. The minimum Gasteiger partial charge on any atom is -0.497 e. The molecule has 2 aliphatic heterocycles. The Morgan fingerprint density at radius 2 is 2.12 bits per heavy atom. The summed E-state index contributed by atoms with van der Waals surface area (Å²) in [5.74, 6) is 0.765. The van der Waals surface area contributed by atoms with Gasteiger partial charge in [0.05, 0.1) is 30.1 Å². The molecular formula is C25H26N4O4S. The predicted molar refractivity (Wildman–Crippen MR) is 133 cm³/mol. The van der Waals surface area contributed by atoms with E-state index in [4.69, 9.17) is 9.47 Å². The highest BCUT2D eigenvalue weighted by atomic mass is 32.2. The van der Waals surface area contributed by atoms with Crippen LogP contribution in [0, 0.1) is 0 Å². The van der Waals surface area contributed by atoms with E-state index in [0.29, 0.717) is 19.6 Å². The zero-order chi connectivity index (χ0) is 23.7. The number of aromatic nitrogens is 1. The van der Waals surface area contributed by atoms with Crippen LogP contribution in [0.4, 0.5) is 16.2 Å². The average Bonchev–Trinajstić information content (AvgIpc) is 3.22. The van der Waals surface area contributed by atoms with Crippen LogP contribution in [0.25, 0.3) is 10.9 Å². The lowest BCUT2D eigenvalue weighted by molar-refractivity contribution is -0.115. The van der Waals surface area contributed by atoms with Crippen LogP contribution in [0.15, 0.2) is 53.6 Å². The number of ether oxygens (including phenoxy) is 2. The summed E-state index contributed by atoms with van der Waals surface area (Å²) in [4.78, 5) is 31.7. The topological polar surface area (TPSA) is 92.8 Å². The summed E-state index contributed by atoms with van der Waals surface area (Å²) in [6, 6.07) is 13.6. The maximum atomic E-state index is 12.5. The lowest BCUT2D eigenvalue weighted by Gasteiger charge is -2.22. The van der Waals surface area contributed by atoms with Gasteiger partial charge in [-0.15, -0.1) is 11.8 Å². The number of carbonyl (C=O) groups excluding carboxylic acids is 2. The van der Waals surface area contributed by atoms with Crippen molar-refractivity contribution in [1.29, 1.82) is 0 Å². The van der Waals surface area contributed by atoms with E-state index >= 15 is 0 Å². The van der Waals surface area contributed by atoms with Crippen molar-refractivity contribution >= 4 is 46.0 Å². The summed E-state index contributed by atoms with van der Waals surface area (Å²) < 4.78 is 11.0. The quantitative estimate of drug-likeness (QED) is 0.477. The highest BCUT2D eigenvalue weighted by Crippen LogP contribution is 2.37. The Bertz CT molecular complexity index is 1250. The fourth-order valence-corrected chi connectivity index (χ4v) is 5.16. The Hall–Kier alpha value is -3.46. The molecule has 0 aliphatic carbocycles. The molecule has 2 aliphatic rings. The Labute approximate surface area is 202 Å². The minimum absolute atomic E-state index is 0.0252. The van der Waals surface area contributed by atoms with Gasteiger partial charge in [0, 0.05) is 40.8 Å². The number of hydrogen-bond acceptors (Lipinski definition) is 7. The minimum atomic E-state index is -0.345. The van der Waals surface area contributed by atoms with Gasteiger partial charge in [-0.1, -0.05) is 0 Å². The number of pyridine rings is 1. The number of anilines is 2. The first-order chi connectivity index (χ1) is 16.5. The first kappa shape index (κ1) is 22.3. The molecule has 2 aromatic carbocycles. The number of amides is 2. The van der Waals surface area contributed by atoms with Gasteiger partial charge in [0.2, 0.25) is 5.91 Å². The van der Waals surface area contributed by atoms with Crippen molar-refractivity contribution in [3.05, 3.63) is 54.2 Å². The Morgan fingerprint density at radius 1 is 1.24 bits per heavy atom. The van der Waals surface area contributed by atoms with E-state index in [2.05, 4.69) is 15.6 Å². The van der Waals surface area contributed by atoms with Crippen molar-refractivity contribution in [3.63, 3.8) is 0 Å². The molecule has 5 rings (SSSR count). The summed E-state index contributed by atoms with van der Waals surface area (Å²) in [7, 11) is 1.63. The molecule has 0 saturated carbocycles. The Kier molecular flexibility index (Phi) is 6.19. The molecule has 0 spiro atoms. The van der Waals surface area contributed by atoms with Crippen LogP contribution in [0.2, 0.25) is 0 Å². The van der Waals surface area contributed by atoms with E-state index in [1.807, 2.05) is 49.4 Å². The predicted octanol–water partition coefficient (Wildman–Crippen LogP) is 4.67. The third-order valence-electron chi connectivity index (χ3n) is 6.06. The molecule has 0 radical (unpaired) electrons. The van der Waals surface area contributed by atoms with Crippen LogP contribution < -0.4 is 15.4 Å². The van der Waals surface area contributed by atoms with Gasteiger partial charge in [0.25, 0.3) is 0 Å². The maximum Gasteiger partial charge on any atom is 0.410 e. The third-order valence-corrected chi connectivity index (χ3v) is 7.24. The number of nitrogens with zero attached hydrogens (tertiary/aromatic N) is 2. The van der Waals surface area contributed by atoms with E-state index in [-0.39, 0.29) is 23.4 Å². The number of nitrogens with one attached hydrogen (secondary N) is 2. The van der Waals surface area contributed by atoms with Crippen molar-refractivity contribution in [1.82, 2.24) is 9.88 Å². The van der Waals surface area contributed by atoms with Crippen LogP contribution in [0.5, 0.6) is 5.75 Å². The van der Waals surface area contributed by atoms with Gasteiger partial charge in [0.1, 0.15) is 11.9 Å². The average molecular weight is 479 g/mol. The number of carbonyl (C=O) groups is 2. The lowest BCUT2D eigenvalue weighted by atomic mass is 10.0. The molecule has 176 valence electrons. The van der Waals surface area contributed by atoms with Gasteiger partial charge in [-0.3, -0.25) is 9.78 Å². The highest BCUT2D eigenvalue weighted by Gasteiger charge is 2.33. The van der Waals surface area contributed by atoms with Crippen molar-refractivity contribution in [2.24, 2.45) is 0 Å². The standard InChI is InChI=1S/C25H26N4O4S/c1-15-24(30)28-21-12-16(4-7-23(21)34-15)26-9-3-11-29-14-22(33-25(29)31)18-8-10-27-20-6-5-17(32-2)13-19(18)20/h4-8,10,12-13,15,22,26H,3,9,11,14H2,1-2H3,(H,28,30). The first-order valence-corrected chi connectivity index (χ1v) is 12.1. The van der Waals surface area contributed by atoms with Crippen LogP contribution in [0.1, 0.15) is 25.0 Å². The zero-order valence-corrected chi connectivity index (χ0v) is 19.9. The van der Waals surface area contributed by atoms with Gasteiger partial charge in [-0.25, -0.2) is 4.79 Å². The second-order valence-electron chi connectivity index (χ2n) is 8.34. The molecule has 1 aromatic heterocycles. The van der Waals surface area contributed by atoms with E-state index in [0.717, 1.165) is 44.9 Å². The van der Waals surface area contributed by atoms with Gasteiger partial charge in [-0.2, -0.15) is 0 Å². The molecule has 3 aromatic rings. The first-order valence-electron chi connectivity index (χ1n) is 11.3. The largest absolute Gasteiger partial charge is 0.497 e. The number of rotatable bonds is 7. The monoisotopic (exact) mass is 478 g/mol. The number of methoxy groups -OCH3 is 1. The molecule has 3 heterocycles. The van der Waals surface area contributed by atoms with Crippen molar-refractivity contribution in [2.75, 3.05) is 37.4 Å². The molecule has 1 fully saturated rings. The fraction of sp³-hybridized carbons (Fsp3) is 0.320. The highest BCUT2D eigenvalue weighted by molar-refractivity contribution is 8.00. The summed E-state index contributed by atoms with van der Waals surface area (Å²) in [6.07, 6.45) is 1.86. The molecule has 9 heteroatoms. The van der Waals surface area contributed by atoms with Crippen LogP contribution in [-0.2, 0) is 9.53 Å².